The van der Waals surface area contributed by atoms with E-state index in [0.717, 1.165) is 21.6 Å². The third-order valence-corrected chi connectivity index (χ3v) is 3.81. The molecular weight excluding hydrogens is 282 g/mol. The Balaban J connectivity index is 2.09. The molecule has 112 valence electrons. The number of nitrogens with zero attached hydrogens (tertiary/aromatic N) is 1. The number of hydrogen-bond acceptors (Lipinski definition) is 3. The Morgan fingerprint density at radius 2 is 1.86 bits per heavy atom. The molecule has 0 heterocycles. The third-order valence-electron chi connectivity index (χ3n) is 3.81. The molecule has 0 saturated heterocycles. The summed E-state index contributed by atoms with van der Waals surface area (Å²) in [5, 5.41) is 9.06. The molecule has 1 N–H and O–H groups in total. The van der Waals surface area contributed by atoms with Gasteiger partial charge in [0, 0.05) is 6.42 Å². The Bertz CT molecular complexity index is 754. The van der Waals surface area contributed by atoms with Crippen molar-refractivity contribution in [1.82, 2.24) is 0 Å². The minimum Gasteiger partial charge on any atom is -0.480 e. The molecule has 1 aliphatic rings. The van der Waals surface area contributed by atoms with Crippen LogP contribution in [0.2, 0.25) is 0 Å². The maximum absolute atomic E-state index is 12.0. The Morgan fingerprint density at radius 1 is 1.14 bits per heavy atom. The Morgan fingerprint density at radius 3 is 2.59 bits per heavy atom. The molecular formula is C17H15NO4. The van der Waals surface area contributed by atoms with Gasteiger partial charge in [-0.15, -0.1) is 0 Å². The molecule has 2 aromatic carbocycles. The van der Waals surface area contributed by atoms with E-state index in [4.69, 9.17) is 9.84 Å². The maximum Gasteiger partial charge on any atom is 0.414 e. The number of amides is 1. The van der Waals surface area contributed by atoms with Gasteiger partial charge in [-0.05, 0) is 28.3 Å². The first-order chi connectivity index (χ1) is 10.6. The molecule has 0 radical (unpaired) electrons. The topological polar surface area (TPSA) is 66.8 Å². The highest BCUT2D eigenvalue weighted by Crippen LogP contribution is 2.41. The molecule has 0 atom stereocenters. The number of hydrogen-bond donors (Lipinski definition) is 1. The van der Waals surface area contributed by atoms with Crippen molar-refractivity contribution >= 4 is 17.7 Å². The highest BCUT2D eigenvalue weighted by molar-refractivity contribution is 5.96. The summed E-state index contributed by atoms with van der Waals surface area (Å²) in [4.78, 5) is 24.2. The summed E-state index contributed by atoms with van der Waals surface area (Å²) in [5.74, 6) is -1.08. The number of carboxylic acid groups (broad SMARTS) is 1. The van der Waals surface area contributed by atoms with Crippen LogP contribution in [0.5, 0.6) is 0 Å². The average molecular weight is 297 g/mol. The second kappa shape index (κ2) is 5.52. The highest BCUT2D eigenvalue weighted by atomic mass is 16.5. The smallest absolute Gasteiger partial charge is 0.414 e. The number of fused-ring (bicyclic) bond motifs is 3. The molecule has 0 saturated carbocycles. The molecule has 3 rings (SSSR count). The van der Waals surface area contributed by atoms with Crippen LogP contribution in [-0.4, -0.2) is 30.8 Å². The number of carbonyl (C=O) groups is 2. The molecule has 5 heteroatoms. The van der Waals surface area contributed by atoms with Gasteiger partial charge in [0.05, 0.1) is 12.8 Å². The first-order valence-corrected chi connectivity index (χ1v) is 6.89. The monoisotopic (exact) mass is 297 g/mol. The predicted octanol–water partition coefficient (Wildman–Crippen LogP) is 2.92. The van der Waals surface area contributed by atoms with Crippen molar-refractivity contribution in [3.8, 4) is 11.1 Å². The van der Waals surface area contributed by atoms with E-state index in [0.29, 0.717) is 12.1 Å². The van der Waals surface area contributed by atoms with E-state index in [-0.39, 0.29) is 0 Å². The average Bonchev–Trinajstić information content (AvgIpc) is 2.90. The normalized spacial score (nSPS) is 11.5. The molecule has 0 unspecified atom stereocenters. The minimum atomic E-state index is -1.08. The summed E-state index contributed by atoms with van der Waals surface area (Å²) >= 11 is 0. The zero-order valence-electron chi connectivity index (χ0n) is 12.1. The van der Waals surface area contributed by atoms with Gasteiger partial charge in [0.1, 0.15) is 6.54 Å². The van der Waals surface area contributed by atoms with E-state index in [1.54, 1.807) is 6.07 Å². The van der Waals surface area contributed by atoms with Gasteiger partial charge in [-0.2, -0.15) is 0 Å². The van der Waals surface area contributed by atoms with Gasteiger partial charge in [-0.3, -0.25) is 9.69 Å². The Labute approximate surface area is 127 Å². The number of carboxylic acids is 1. The Hall–Kier alpha value is -2.82. The lowest BCUT2D eigenvalue weighted by Gasteiger charge is -2.22. The number of carbonyl (C=O) groups excluding carboxylic acids is 1. The molecule has 5 nitrogen and oxygen atoms in total. The van der Waals surface area contributed by atoms with Crippen LogP contribution >= 0.6 is 0 Å². The van der Waals surface area contributed by atoms with Crippen LogP contribution in [0.15, 0.2) is 42.5 Å². The minimum absolute atomic E-state index is 0.431. The number of anilines is 1. The number of methoxy groups -OCH3 is 1. The number of rotatable bonds is 3. The number of ether oxygens (including phenoxy) is 1. The van der Waals surface area contributed by atoms with E-state index >= 15 is 0 Å². The van der Waals surface area contributed by atoms with Crippen molar-refractivity contribution in [2.45, 2.75) is 6.42 Å². The SMILES string of the molecule is COC(=O)N(CC(=O)O)c1cccc2c1Cc1ccccc1-2. The summed E-state index contributed by atoms with van der Waals surface area (Å²) in [6.45, 7) is -0.431. The fourth-order valence-electron chi connectivity index (χ4n) is 2.89. The lowest BCUT2D eigenvalue weighted by Crippen LogP contribution is -2.36. The van der Waals surface area contributed by atoms with Gasteiger partial charge < -0.3 is 9.84 Å². The first-order valence-electron chi connectivity index (χ1n) is 6.89. The molecule has 1 aliphatic carbocycles. The van der Waals surface area contributed by atoms with Crippen molar-refractivity contribution < 1.29 is 19.4 Å². The van der Waals surface area contributed by atoms with E-state index in [1.165, 1.54) is 12.7 Å². The van der Waals surface area contributed by atoms with Gasteiger partial charge in [-0.25, -0.2) is 4.79 Å². The van der Waals surface area contributed by atoms with Gasteiger partial charge in [0.25, 0.3) is 0 Å². The fraction of sp³-hybridized carbons (Fsp3) is 0.176. The molecule has 0 aliphatic heterocycles. The summed E-state index contributed by atoms with van der Waals surface area (Å²) in [6.07, 6.45) is 0.00109. The molecule has 0 fully saturated rings. The van der Waals surface area contributed by atoms with Crippen molar-refractivity contribution in [1.29, 1.82) is 0 Å². The zero-order valence-corrected chi connectivity index (χ0v) is 12.1. The van der Waals surface area contributed by atoms with Crippen LogP contribution in [0.1, 0.15) is 11.1 Å². The molecule has 0 spiro atoms. The summed E-state index contributed by atoms with van der Waals surface area (Å²) in [7, 11) is 1.25. The van der Waals surface area contributed by atoms with Crippen molar-refractivity contribution in [2.75, 3.05) is 18.6 Å². The van der Waals surface area contributed by atoms with Crippen LogP contribution in [-0.2, 0) is 16.0 Å². The lowest BCUT2D eigenvalue weighted by molar-refractivity contribution is -0.135. The highest BCUT2D eigenvalue weighted by Gasteiger charge is 2.27. The number of benzene rings is 2. The molecule has 22 heavy (non-hydrogen) atoms. The summed E-state index contributed by atoms with van der Waals surface area (Å²) in [5.41, 5.74) is 4.87. The standard InChI is InChI=1S/C17H15NO4/c1-22-17(21)18(10-16(19)20)15-8-4-7-13-12-6-3-2-5-11(12)9-14(13)15/h2-8H,9-10H2,1H3,(H,19,20). The number of aliphatic carboxylic acids is 1. The summed E-state index contributed by atoms with van der Waals surface area (Å²) < 4.78 is 4.73. The van der Waals surface area contributed by atoms with Gasteiger partial charge >= 0.3 is 12.1 Å². The Kier molecular flexibility index (Phi) is 3.55. The largest absolute Gasteiger partial charge is 0.480 e. The first kappa shape index (κ1) is 14.1. The second-order valence-electron chi connectivity index (χ2n) is 5.09. The van der Waals surface area contributed by atoms with Crippen molar-refractivity contribution in [3.05, 3.63) is 53.6 Å². The van der Waals surface area contributed by atoms with Crippen LogP contribution in [0.4, 0.5) is 10.5 Å². The van der Waals surface area contributed by atoms with Crippen LogP contribution in [0, 0.1) is 0 Å². The van der Waals surface area contributed by atoms with Crippen LogP contribution in [0.3, 0.4) is 0 Å². The van der Waals surface area contributed by atoms with E-state index in [2.05, 4.69) is 0 Å². The van der Waals surface area contributed by atoms with Crippen molar-refractivity contribution in [2.24, 2.45) is 0 Å². The fourth-order valence-corrected chi connectivity index (χ4v) is 2.89. The lowest BCUT2D eigenvalue weighted by atomic mass is 10.0. The van der Waals surface area contributed by atoms with Crippen LogP contribution < -0.4 is 4.90 Å². The molecule has 1 amide bonds. The van der Waals surface area contributed by atoms with Crippen LogP contribution in [0.25, 0.3) is 11.1 Å². The zero-order chi connectivity index (χ0) is 15.7. The third kappa shape index (κ3) is 2.30. The maximum atomic E-state index is 12.0. The predicted molar refractivity (Wildman–Crippen MR) is 82.1 cm³/mol. The van der Waals surface area contributed by atoms with Gasteiger partial charge in [0.15, 0.2) is 0 Å². The van der Waals surface area contributed by atoms with E-state index in [9.17, 15) is 9.59 Å². The van der Waals surface area contributed by atoms with E-state index in [1.807, 2.05) is 36.4 Å². The van der Waals surface area contributed by atoms with E-state index < -0.39 is 18.6 Å². The molecule has 2 aromatic rings. The second-order valence-corrected chi connectivity index (χ2v) is 5.09. The van der Waals surface area contributed by atoms with Gasteiger partial charge in [-0.1, -0.05) is 36.4 Å². The van der Waals surface area contributed by atoms with Crippen molar-refractivity contribution in [3.63, 3.8) is 0 Å². The molecule has 0 bridgehead atoms. The van der Waals surface area contributed by atoms with Gasteiger partial charge in [0.2, 0.25) is 0 Å². The quantitative estimate of drug-likeness (QED) is 0.807. The summed E-state index contributed by atoms with van der Waals surface area (Å²) in [6, 6.07) is 13.6. The molecule has 0 aromatic heterocycles.